The van der Waals surface area contributed by atoms with Gasteiger partial charge in [0.05, 0.1) is 5.54 Å². The number of alkyl halides is 3. The van der Waals surface area contributed by atoms with Gasteiger partial charge in [0.25, 0.3) is 0 Å². The fourth-order valence-electron chi connectivity index (χ4n) is 1.96. The van der Waals surface area contributed by atoms with E-state index in [1.54, 1.807) is 13.8 Å². The number of carbonyl (C=O) groups excluding carboxylic acids is 1. The van der Waals surface area contributed by atoms with E-state index in [1.807, 2.05) is 0 Å². The van der Waals surface area contributed by atoms with Crippen molar-refractivity contribution in [3.63, 3.8) is 0 Å². The van der Waals surface area contributed by atoms with Crippen LogP contribution in [0.2, 0.25) is 0 Å². The van der Waals surface area contributed by atoms with E-state index in [0.717, 1.165) is 11.3 Å². The van der Waals surface area contributed by atoms with Crippen LogP contribution in [0.4, 0.5) is 13.2 Å². The van der Waals surface area contributed by atoms with Gasteiger partial charge in [0, 0.05) is 6.54 Å². The number of halogens is 3. The smallest absolute Gasteiger partial charge is 0.332 e. The van der Waals surface area contributed by atoms with E-state index in [4.69, 9.17) is 5.73 Å². The highest BCUT2D eigenvalue weighted by Crippen LogP contribution is 2.32. The van der Waals surface area contributed by atoms with E-state index < -0.39 is 24.2 Å². The van der Waals surface area contributed by atoms with Crippen molar-refractivity contribution in [3.05, 3.63) is 0 Å². The third kappa shape index (κ3) is 3.87. The first kappa shape index (κ1) is 14.3. The molecule has 100 valence electrons. The van der Waals surface area contributed by atoms with Crippen molar-refractivity contribution in [1.29, 1.82) is 0 Å². The molecule has 2 N–H and O–H groups in total. The van der Waals surface area contributed by atoms with Gasteiger partial charge < -0.3 is 10.6 Å². The molecular formula is C11H19F3N2O. The molecule has 0 aliphatic heterocycles. The summed E-state index contributed by atoms with van der Waals surface area (Å²) in [6.45, 7) is 2.45. The Labute approximate surface area is 99.1 Å². The van der Waals surface area contributed by atoms with E-state index in [9.17, 15) is 18.0 Å². The van der Waals surface area contributed by atoms with Crippen LogP contribution in [-0.2, 0) is 4.79 Å². The molecule has 0 saturated heterocycles. The Bertz CT molecular complexity index is 285. The second kappa shape index (κ2) is 4.84. The third-order valence-electron chi connectivity index (χ3n) is 2.91. The van der Waals surface area contributed by atoms with E-state index in [0.29, 0.717) is 12.8 Å². The van der Waals surface area contributed by atoms with Crippen molar-refractivity contribution < 1.29 is 18.0 Å². The molecule has 1 fully saturated rings. The molecule has 0 bridgehead atoms. The standard InChI is InChI=1S/C11H19F3N2O/c1-8(2)6-16(7-11(12,13)14)9(17)10(15)4-3-5-10/h8H,3-7,15H2,1-2H3. The van der Waals surface area contributed by atoms with Gasteiger partial charge in [-0.3, -0.25) is 4.79 Å². The van der Waals surface area contributed by atoms with Crippen molar-refractivity contribution in [1.82, 2.24) is 4.90 Å². The maximum atomic E-state index is 12.4. The predicted octanol–water partition coefficient (Wildman–Crippen LogP) is 1.91. The van der Waals surface area contributed by atoms with Gasteiger partial charge >= 0.3 is 6.18 Å². The molecule has 0 unspecified atom stereocenters. The van der Waals surface area contributed by atoms with E-state index in [1.165, 1.54) is 0 Å². The number of nitrogens with two attached hydrogens (primary N) is 1. The van der Waals surface area contributed by atoms with Gasteiger partial charge in [0.2, 0.25) is 5.91 Å². The highest BCUT2D eigenvalue weighted by Gasteiger charge is 2.45. The molecular weight excluding hydrogens is 233 g/mol. The Morgan fingerprint density at radius 1 is 1.41 bits per heavy atom. The van der Waals surface area contributed by atoms with Gasteiger partial charge in [0.1, 0.15) is 6.54 Å². The molecule has 1 saturated carbocycles. The molecule has 1 aliphatic carbocycles. The van der Waals surface area contributed by atoms with Crippen LogP contribution in [0.15, 0.2) is 0 Å². The molecule has 0 spiro atoms. The predicted molar refractivity (Wildman–Crippen MR) is 58.2 cm³/mol. The second-order valence-corrected chi connectivity index (χ2v) is 5.20. The van der Waals surface area contributed by atoms with E-state index >= 15 is 0 Å². The second-order valence-electron chi connectivity index (χ2n) is 5.20. The zero-order valence-corrected chi connectivity index (χ0v) is 10.2. The van der Waals surface area contributed by atoms with Crippen LogP contribution in [0.3, 0.4) is 0 Å². The Morgan fingerprint density at radius 3 is 2.24 bits per heavy atom. The van der Waals surface area contributed by atoms with Crippen LogP contribution in [-0.4, -0.2) is 35.6 Å². The van der Waals surface area contributed by atoms with Gasteiger partial charge in [-0.15, -0.1) is 0 Å². The number of carbonyl (C=O) groups is 1. The van der Waals surface area contributed by atoms with Gasteiger partial charge in [-0.25, -0.2) is 0 Å². The maximum Gasteiger partial charge on any atom is 0.406 e. The Balaban J connectivity index is 2.71. The molecule has 0 radical (unpaired) electrons. The Kier molecular flexibility index (Phi) is 4.06. The molecule has 0 atom stereocenters. The average Bonchev–Trinajstić information content (AvgIpc) is 2.09. The zero-order chi connectivity index (χ0) is 13.3. The molecule has 0 aromatic rings. The fourth-order valence-corrected chi connectivity index (χ4v) is 1.96. The number of hydrogen-bond acceptors (Lipinski definition) is 2. The molecule has 0 aromatic carbocycles. The van der Waals surface area contributed by atoms with E-state index in [2.05, 4.69) is 0 Å². The number of nitrogens with zero attached hydrogens (tertiary/aromatic N) is 1. The van der Waals surface area contributed by atoms with Crippen LogP contribution in [0.1, 0.15) is 33.1 Å². The summed E-state index contributed by atoms with van der Waals surface area (Å²) >= 11 is 0. The lowest BCUT2D eigenvalue weighted by Crippen LogP contribution is -2.61. The van der Waals surface area contributed by atoms with Crippen LogP contribution in [0.5, 0.6) is 0 Å². The van der Waals surface area contributed by atoms with Crippen LogP contribution in [0.25, 0.3) is 0 Å². The van der Waals surface area contributed by atoms with Crippen LogP contribution >= 0.6 is 0 Å². The SMILES string of the molecule is CC(C)CN(CC(F)(F)F)C(=O)C1(N)CCC1. The summed E-state index contributed by atoms with van der Waals surface area (Å²) in [5, 5.41) is 0. The van der Waals surface area contributed by atoms with Crippen molar-refractivity contribution in [2.24, 2.45) is 11.7 Å². The normalized spacial score (nSPS) is 19.0. The molecule has 1 aliphatic rings. The highest BCUT2D eigenvalue weighted by molar-refractivity contribution is 5.87. The summed E-state index contributed by atoms with van der Waals surface area (Å²) in [6, 6.07) is 0. The fraction of sp³-hybridized carbons (Fsp3) is 0.909. The summed E-state index contributed by atoms with van der Waals surface area (Å²) < 4.78 is 37.2. The molecule has 6 heteroatoms. The molecule has 1 amide bonds. The number of rotatable bonds is 4. The highest BCUT2D eigenvalue weighted by atomic mass is 19.4. The van der Waals surface area contributed by atoms with Crippen molar-refractivity contribution in [2.75, 3.05) is 13.1 Å². The van der Waals surface area contributed by atoms with Gasteiger partial charge in [-0.1, -0.05) is 13.8 Å². The lowest BCUT2D eigenvalue weighted by atomic mass is 9.76. The lowest BCUT2D eigenvalue weighted by Gasteiger charge is -2.41. The minimum Gasteiger partial charge on any atom is -0.332 e. The summed E-state index contributed by atoms with van der Waals surface area (Å²) in [7, 11) is 0. The molecule has 1 rings (SSSR count). The average molecular weight is 252 g/mol. The summed E-state index contributed by atoms with van der Waals surface area (Å²) in [6.07, 6.45) is -2.59. The van der Waals surface area contributed by atoms with Gasteiger partial charge in [-0.05, 0) is 25.2 Å². The maximum absolute atomic E-state index is 12.4. The summed E-state index contributed by atoms with van der Waals surface area (Å²) in [4.78, 5) is 12.8. The minimum absolute atomic E-state index is 0.00928. The Hall–Kier alpha value is -0.780. The summed E-state index contributed by atoms with van der Waals surface area (Å²) in [5.41, 5.74) is 4.73. The molecule has 3 nitrogen and oxygen atoms in total. The first-order valence-corrected chi connectivity index (χ1v) is 5.79. The quantitative estimate of drug-likeness (QED) is 0.830. The van der Waals surface area contributed by atoms with E-state index in [-0.39, 0.29) is 12.5 Å². The first-order chi connectivity index (χ1) is 7.64. The van der Waals surface area contributed by atoms with Crippen LogP contribution in [0, 0.1) is 5.92 Å². The molecule has 0 aromatic heterocycles. The third-order valence-corrected chi connectivity index (χ3v) is 2.91. The minimum atomic E-state index is -4.37. The lowest BCUT2D eigenvalue weighted by molar-refractivity contribution is -0.167. The molecule has 17 heavy (non-hydrogen) atoms. The first-order valence-electron chi connectivity index (χ1n) is 5.79. The number of hydrogen-bond donors (Lipinski definition) is 1. The number of amides is 1. The van der Waals surface area contributed by atoms with Crippen LogP contribution < -0.4 is 5.73 Å². The molecule has 0 heterocycles. The van der Waals surface area contributed by atoms with Crippen molar-refractivity contribution in [2.45, 2.75) is 44.8 Å². The van der Waals surface area contributed by atoms with Gasteiger partial charge in [0.15, 0.2) is 0 Å². The van der Waals surface area contributed by atoms with Crippen molar-refractivity contribution in [3.8, 4) is 0 Å². The van der Waals surface area contributed by atoms with Gasteiger partial charge in [-0.2, -0.15) is 13.2 Å². The zero-order valence-electron chi connectivity index (χ0n) is 10.2. The Morgan fingerprint density at radius 2 is 1.94 bits per heavy atom. The largest absolute Gasteiger partial charge is 0.406 e. The summed E-state index contributed by atoms with van der Waals surface area (Å²) in [5.74, 6) is -0.570. The monoisotopic (exact) mass is 252 g/mol. The van der Waals surface area contributed by atoms with Crippen molar-refractivity contribution >= 4 is 5.91 Å². The topological polar surface area (TPSA) is 46.3 Å².